The highest BCUT2D eigenvalue weighted by Gasteiger charge is 2.38. The summed E-state index contributed by atoms with van der Waals surface area (Å²) >= 11 is 0. The summed E-state index contributed by atoms with van der Waals surface area (Å²) in [5.74, 6) is -0.517. The number of nitrogens with one attached hydrogen (secondary N) is 1. The molecule has 0 spiro atoms. The van der Waals surface area contributed by atoms with Crippen LogP contribution in [0.2, 0.25) is 0 Å². The molecule has 2 aromatic carbocycles. The molecule has 0 fully saturated rings. The molecule has 2 atom stereocenters. The third-order valence-electron chi connectivity index (χ3n) is 6.10. The molecule has 0 bridgehead atoms. The third-order valence-corrected chi connectivity index (χ3v) is 6.10. The first-order chi connectivity index (χ1) is 15.0. The summed E-state index contributed by atoms with van der Waals surface area (Å²) in [6, 6.07) is 15.6. The number of likely N-dealkylation sites (N-methyl/N-ethyl adjacent to an activating group) is 1. The van der Waals surface area contributed by atoms with Gasteiger partial charge in [0, 0.05) is 7.05 Å². The lowest BCUT2D eigenvalue weighted by Gasteiger charge is -2.32. The van der Waals surface area contributed by atoms with Crippen LogP contribution in [-0.2, 0) is 16.0 Å². The summed E-state index contributed by atoms with van der Waals surface area (Å²) in [7, 11) is 7.68. The van der Waals surface area contributed by atoms with Crippen molar-refractivity contribution in [2.24, 2.45) is 5.10 Å². The molecule has 8 heteroatoms. The van der Waals surface area contributed by atoms with Crippen molar-refractivity contribution in [1.82, 2.24) is 20.3 Å². The van der Waals surface area contributed by atoms with E-state index < -0.39 is 0 Å². The van der Waals surface area contributed by atoms with E-state index in [1.165, 1.54) is 10.6 Å². The number of nitrogens with zero attached hydrogens (tertiary/aromatic N) is 4. The zero-order valence-electron chi connectivity index (χ0n) is 17.2. The molecule has 154 valence electrons. The van der Waals surface area contributed by atoms with E-state index in [0.29, 0.717) is 11.2 Å². The smallest absolute Gasteiger partial charge is 0.292 e. The van der Waals surface area contributed by atoms with E-state index in [2.05, 4.69) is 16.5 Å². The van der Waals surface area contributed by atoms with Gasteiger partial charge >= 0.3 is 0 Å². The maximum atomic E-state index is 13.0. The van der Waals surface area contributed by atoms with Gasteiger partial charge < -0.3 is 5.32 Å². The fraction of sp³-hybridized carbons (Fsp3) is 0.261. The Balaban J connectivity index is 1.28. The van der Waals surface area contributed by atoms with E-state index in [1.807, 2.05) is 60.6 Å². The van der Waals surface area contributed by atoms with Crippen LogP contribution in [0.4, 0.5) is 0 Å². The number of hydrogen-bond donors (Lipinski definition) is 1. The largest absolute Gasteiger partial charge is 0.348 e. The van der Waals surface area contributed by atoms with Gasteiger partial charge in [0.25, 0.3) is 5.91 Å². The standard InChI is InChI=1S/C23H22BN5O2/c1-27-20(16-6-9-17(24)10-7-16)12-21-23(31)28(25-14-29(21)27)13-22(30)26-19-11-8-15-4-2-3-5-18(15)19/h2-7,9-10,12,14,19-20H,8,11,13H2,1H3,(H,26,30). The second-order valence-corrected chi connectivity index (χ2v) is 8.03. The van der Waals surface area contributed by atoms with Gasteiger partial charge in [-0.05, 0) is 35.6 Å². The molecule has 0 saturated carbocycles. The molecular weight excluding hydrogens is 389 g/mol. The van der Waals surface area contributed by atoms with Crippen molar-refractivity contribution in [2.75, 3.05) is 13.6 Å². The first-order valence-electron chi connectivity index (χ1n) is 10.3. The number of carbonyl (C=O) groups excluding carboxylic acids is 2. The molecular formula is C23H22BN5O2. The highest BCUT2D eigenvalue weighted by atomic mass is 16.2. The minimum atomic E-state index is -0.297. The van der Waals surface area contributed by atoms with Crippen LogP contribution in [0, 0.1) is 0 Å². The monoisotopic (exact) mass is 411 g/mol. The molecule has 2 heterocycles. The van der Waals surface area contributed by atoms with Gasteiger partial charge in [0.15, 0.2) is 0 Å². The SMILES string of the molecule is [B]c1ccc(C2C=C3C(=O)N(CC(=O)NC4CCc5ccccc54)N=CN3N2C)cc1. The molecule has 2 radical (unpaired) electrons. The van der Waals surface area contributed by atoms with Crippen molar-refractivity contribution < 1.29 is 9.59 Å². The van der Waals surface area contributed by atoms with Crippen LogP contribution in [0.3, 0.4) is 0 Å². The van der Waals surface area contributed by atoms with Crippen LogP contribution < -0.4 is 10.8 Å². The topological polar surface area (TPSA) is 68.2 Å². The van der Waals surface area contributed by atoms with E-state index in [9.17, 15) is 9.59 Å². The predicted octanol–water partition coefficient (Wildman–Crippen LogP) is 1.16. The zero-order valence-corrected chi connectivity index (χ0v) is 17.2. The van der Waals surface area contributed by atoms with Crippen molar-refractivity contribution in [2.45, 2.75) is 24.9 Å². The Morgan fingerprint density at radius 2 is 1.97 bits per heavy atom. The minimum absolute atomic E-state index is 0.0178. The van der Waals surface area contributed by atoms with Crippen LogP contribution >= 0.6 is 0 Å². The highest BCUT2D eigenvalue weighted by Crippen LogP contribution is 2.34. The van der Waals surface area contributed by atoms with Crippen molar-refractivity contribution >= 4 is 31.5 Å². The highest BCUT2D eigenvalue weighted by molar-refractivity contribution is 6.32. The molecule has 5 rings (SSSR count). The molecule has 31 heavy (non-hydrogen) atoms. The quantitative estimate of drug-likeness (QED) is 0.767. The summed E-state index contributed by atoms with van der Waals surface area (Å²) in [6.45, 7) is -0.116. The van der Waals surface area contributed by atoms with Gasteiger partial charge in [0.1, 0.15) is 26.4 Å². The molecule has 2 amide bonds. The van der Waals surface area contributed by atoms with Gasteiger partial charge in [-0.15, -0.1) is 0 Å². The number of fused-ring (bicyclic) bond motifs is 2. The van der Waals surface area contributed by atoms with E-state index in [0.717, 1.165) is 24.0 Å². The van der Waals surface area contributed by atoms with E-state index in [4.69, 9.17) is 7.85 Å². The first-order valence-corrected chi connectivity index (χ1v) is 10.3. The fourth-order valence-electron chi connectivity index (χ4n) is 4.45. The number of hydrazone groups is 1. The Hall–Kier alpha value is -3.39. The van der Waals surface area contributed by atoms with Crippen LogP contribution in [0.15, 0.2) is 65.4 Å². The van der Waals surface area contributed by atoms with Crippen LogP contribution in [0.25, 0.3) is 0 Å². The summed E-state index contributed by atoms with van der Waals surface area (Å²) in [5, 5.41) is 12.1. The molecule has 1 N–H and O–H groups in total. The maximum Gasteiger partial charge on any atom is 0.292 e. The summed E-state index contributed by atoms with van der Waals surface area (Å²) in [6.07, 6.45) is 5.28. The summed E-state index contributed by atoms with van der Waals surface area (Å²) < 4.78 is 0. The van der Waals surface area contributed by atoms with Crippen LogP contribution in [0.1, 0.15) is 35.2 Å². The number of benzene rings is 2. The van der Waals surface area contributed by atoms with Gasteiger partial charge in [0.05, 0.1) is 12.1 Å². The number of hydrazine groups is 1. The molecule has 7 nitrogen and oxygen atoms in total. The summed E-state index contributed by atoms with van der Waals surface area (Å²) in [5.41, 5.74) is 4.61. The molecule has 3 aliphatic rings. The van der Waals surface area contributed by atoms with Crippen molar-refractivity contribution in [3.05, 3.63) is 77.0 Å². The second kappa shape index (κ2) is 7.70. The Bertz CT molecular complexity index is 1100. The van der Waals surface area contributed by atoms with Gasteiger partial charge in [0.2, 0.25) is 5.91 Å². The normalized spacial score (nSPS) is 22.4. The zero-order chi connectivity index (χ0) is 21.5. The number of carbonyl (C=O) groups is 2. The lowest BCUT2D eigenvalue weighted by molar-refractivity contribution is -0.136. The molecule has 0 aromatic heterocycles. The lowest BCUT2D eigenvalue weighted by atomic mass is 9.94. The average molecular weight is 411 g/mol. The first kappa shape index (κ1) is 19.6. The Morgan fingerprint density at radius 1 is 1.19 bits per heavy atom. The molecule has 2 aromatic rings. The number of rotatable bonds is 4. The maximum absolute atomic E-state index is 13.0. The molecule has 2 unspecified atom stereocenters. The number of aryl methyl sites for hydroxylation is 1. The molecule has 1 aliphatic carbocycles. The molecule has 0 saturated heterocycles. The minimum Gasteiger partial charge on any atom is -0.348 e. The predicted molar refractivity (Wildman–Crippen MR) is 118 cm³/mol. The van der Waals surface area contributed by atoms with Crippen molar-refractivity contribution in [3.63, 3.8) is 0 Å². The van der Waals surface area contributed by atoms with E-state index >= 15 is 0 Å². The van der Waals surface area contributed by atoms with Crippen LogP contribution in [-0.4, -0.2) is 54.6 Å². The van der Waals surface area contributed by atoms with Gasteiger partial charge in [-0.2, -0.15) is 5.10 Å². The van der Waals surface area contributed by atoms with Crippen molar-refractivity contribution in [3.8, 4) is 0 Å². The van der Waals surface area contributed by atoms with E-state index in [-0.39, 0.29) is 30.4 Å². The number of amides is 2. The fourth-order valence-corrected chi connectivity index (χ4v) is 4.45. The van der Waals surface area contributed by atoms with E-state index in [1.54, 1.807) is 11.3 Å². The van der Waals surface area contributed by atoms with Gasteiger partial charge in [-0.25, -0.2) is 10.0 Å². The second-order valence-electron chi connectivity index (χ2n) is 8.03. The Kier molecular flexibility index (Phi) is 4.86. The Labute approximate surface area is 182 Å². The third kappa shape index (κ3) is 3.53. The van der Waals surface area contributed by atoms with Gasteiger partial charge in [-0.1, -0.05) is 54.0 Å². The van der Waals surface area contributed by atoms with Gasteiger partial charge in [-0.3, -0.25) is 14.6 Å². The molecule has 2 aliphatic heterocycles. The Morgan fingerprint density at radius 3 is 2.77 bits per heavy atom. The van der Waals surface area contributed by atoms with Crippen LogP contribution in [0.5, 0.6) is 0 Å². The summed E-state index contributed by atoms with van der Waals surface area (Å²) in [4.78, 5) is 25.7. The van der Waals surface area contributed by atoms with Crippen molar-refractivity contribution in [1.29, 1.82) is 0 Å². The average Bonchev–Trinajstić information content (AvgIpc) is 3.32. The lowest BCUT2D eigenvalue weighted by Crippen LogP contribution is -2.47. The number of hydrogen-bond acceptors (Lipinski definition) is 5.